The molecule has 0 unspecified atom stereocenters. The van der Waals surface area contributed by atoms with Gasteiger partial charge in [0.15, 0.2) is 5.82 Å². The van der Waals surface area contributed by atoms with E-state index in [0.717, 1.165) is 24.2 Å². The first kappa shape index (κ1) is 17.0. The zero-order valence-corrected chi connectivity index (χ0v) is 15.2. The van der Waals surface area contributed by atoms with E-state index >= 15 is 0 Å². The molecule has 0 bridgehead atoms. The number of piperidine rings is 1. The smallest absolute Gasteiger partial charge is 0.236 e. The van der Waals surface area contributed by atoms with Crippen LogP contribution in [0.5, 0.6) is 0 Å². The lowest BCUT2D eigenvalue weighted by Gasteiger charge is -2.40. The van der Waals surface area contributed by atoms with Crippen LogP contribution in [0.3, 0.4) is 0 Å². The summed E-state index contributed by atoms with van der Waals surface area (Å²) in [6.45, 7) is 6.23. The van der Waals surface area contributed by atoms with Crippen LogP contribution in [-0.2, 0) is 4.79 Å². The van der Waals surface area contributed by atoms with Crippen molar-refractivity contribution in [2.75, 3.05) is 0 Å². The number of nitrogens with one attached hydrogen (secondary N) is 1. The fourth-order valence-corrected chi connectivity index (χ4v) is 4.08. The lowest BCUT2D eigenvalue weighted by Crippen LogP contribution is -2.50. The molecule has 1 aromatic carbocycles. The van der Waals surface area contributed by atoms with E-state index in [1.165, 1.54) is 18.2 Å². The molecule has 0 spiro atoms. The van der Waals surface area contributed by atoms with E-state index in [1.54, 1.807) is 0 Å². The second-order valence-electron chi connectivity index (χ2n) is 6.47. The first-order chi connectivity index (χ1) is 11.6. The minimum Gasteiger partial charge on any atom is -0.336 e. The van der Waals surface area contributed by atoms with E-state index in [4.69, 9.17) is 0 Å². The summed E-state index contributed by atoms with van der Waals surface area (Å²) in [5, 5.41) is 7.64. The maximum atomic E-state index is 12.8. The second kappa shape index (κ2) is 7.38. The Bertz CT molecular complexity index is 677. The van der Waals surface area contributed by atoms with Gasteiger partial charge in [-0.2, -0.15) is 0 Å². The highest BCUT2D eigenvalue weighted by Crippen LogP contribution is 2.28. The van der Waals surface area contributed by atoms with Gasteiger partial charge in [-0.3, -0.25) is 9.89 Å². The highest BCUT2D eigenvalue weighted by molar-refractivity contribution is 8.00. The molecule has 24 heavy (non-hydrogen) atoms. The number of aromatic amines is 1. The monoisotopic (exact) mass is 344 g/mol. The van der Waals surface area contributed by atoms with Gasteiger partial charge in [-0.1, -0.05) is 42.1 Å². The average Bonchev–Trinajstić information content (AvgIpc) is 3.04. The van der Waals surface area contributed by atoms with Crippen molar-refractivity contribution in [2.45, 2.75) is 62.5 Å². The highest BCUT2D eigenvalue weighted by Gasteiger charge is 2.32. The van der Waals surface area contributed by atoms with Crippen molar-refractivity contribution < 1.29 is 4.79 Å². The fourth-order valence-electron chi connectivity index (χ4n) is 3.30. The molecule has 128 valence electrons. The Morgan fingerprint density at radius 1 is 1.25 bits per heavy atom. The van der Waals surface area contributed by atoms with E-state index in [2.05, 4.69) is 29.0 Å². The molecule has 2 heterocycles. The molecule has 0 saturated carbocycles. The first-order valence-corrected chi connectivity index (χ1v) is 9.41. The van der Waals surface area contributed by atoms with Crippen molar-refractivity contribution in [2.24, 2.45) is 0 Å². The fraction of sp³-hybridized carbons (Fsp3) is 0.500. The van der Waals surface area contributed by atoms with Crippen molar-refractivity contribution in [3.05, 3.63) is 30.3 Å². The summed E-state index contributed by atoms with van der Waals surface area (Å²) in [5.74, 6) is 0.920. The molecule has 3 rings (SSSR count). The number of nitrogens with zero attached hydrogens (tertiary/aromatic N) is 3. The molecular weight excluding hydrogens is 320 g/mol. The summed E-state index contributed by atoms with van der Waals surface area (Å²) >= 11 is 1.42. The van der Waals surface area contributed by atoms with Crippen LogP contribution in [0.15, 0.2) is 35.5 Å². The number of hydrogen-bond acceptors (Lipinski definition) is 4. The zero-order valence-electron chi connectivity index (χ0n) is 14.4. The molecule has 2 aromatic rings. The number of rotatable bonds is 4. The maximum Gasteiger partial charge on any atom is 0.236 e. The molecular formula is C18H24N4OS. The van der Waals surface area contributed by atoms with Crippen molar-refractivity contribution in [1.82, 2.24) is 20.1 Å². The van der Waals surface area contributed by atoms with Crippen LogP contribution in [0.1, 0.15) is 40.0 Å². The van der Waals surface area contributed by atoms with E-state index in [-0.39, 0.29) is 11.2 Å². The van der Waals surface area contributed by atoms with Crippen LogP contribution in [0.2, 0.25) is 0 Å². The molecule has 1 N–H and O–H groups in total. The zero-order chi connectivity index (χ0) is 17.1. The third-order valence-corrected chi connectivity index (χ3v) is 5.54. The number of benzene rings is 1. The number of likely N-dealkylation sites (tertiary alicyclic amines) is 1. The normalized spacial score (nSPS) is 22.4. The maximum absolute atomic E-state index is 12.8. The lowest BCUT2D eigenvalue weighted by molar-refractivity contribution is -0.136. The van der Waals surface area contributed by atoms with Crippen LogP contribution < -0.4 is 0 Å². The molecule has 6 heteroatoms. The Labute approximate surface area is 147 Å². The standard InChI is InChI=1S/C18H24N4OS/c1-12-8-7-9-13(2)22(12)17(23)14(3)24-18-19-16(20-21-18)15-10-5-4-6-11-15/h4-6,10-14H,7-9H2,1-3H3,(H,19,20,21)/t12-,13+,14-/m1/s1. The van der Waals surface area contributed by atoms with Gasteiger partial charge in [0.05, 0.1) is 5.25 Å². The summed E-state index contributed by atoms with van der Waals surface area (Å²) < 4.78 is 0. The molecule has 1 aromatic heterocycles. The Morgan fingerprint density at radius 3 is 2.58 bits per heavy atom. The van der Waals surface area contributed by atoms with Crippen molar-refractivity contribution >= 4 is 17.7 Å². The van der Waals surface area contributed by atoms with Gasteiger partial charge < -0.3 is 4.90 Å². The van der Waals surface area contributed by atoms with Crippen molar-refractivity contribution in [3.63, 3.8) is 0 Å². The number of carbonyl (C=O) groups excluding carboxylic acids is 1. The molecule has 1 fully saturated rings. The SMILES string of the molecule is C[C@@H]1CCC[C@H](C)N1C(=O)[C@@H](C)Sc1n[nH]c(-c2ccccc2)n1. The summed E-state index contributed by atoms with van der Waals surface area (Å²) in [7, 11) is 0. The van der Waals surface area contributed by atoms with Crippen LogP contribution in [0.25, 0.3) is 11.4 Å². The first-order valence-electron chi connectivity index (χ1n) is 8.53. The van der Waals surface area contributed by atoms with E-state index in [1.807, 2.05) is 42.2 Å². The highest BCUT2D eigenvalue weighted by atomic mass is 32.2. The molecule has 1 amide bonds. The molecule has 0 aliphatic carbocycles. The molecule has 1 saturated heterocycles. The second-order valence-corrected chi connectivity index (χ2v) is 7.78. The predicted octanol–water partition coefficient (Wildman–Crippen LogP) is 3.74. The van der Waals surface area contributed by atoms with Crippen LogP contribution in [-0.4, -0.2) is 43.3 Å². The minimum atomic E-state index is -0.188. The third-order valence-electron chi connectivity index (χ3n) is 4.59. The third kappa shape index (κ3) is 3.64. The average molecular weight is 344 g/mol. The van der Waals surface area contributed by atoms with Gasteiger partial charge in [0.2, 0.25) is 11.1 Å². The Balaban J connectivity index is 1.67. The summed E-state index contributed by atoms with van der Waals surface area (Å²) in [6.07, 6.45) is 3.38. The van der Waals surface area contributed by atoms with Crippen LogP contribution in [0, 0.1) is 0 Å². The van der Waals surface area contributed by atoms with Gasteiger partial charge in [0, 0.05) is 17.6 Å². The van der Waals surface area contributed by atoms with Gasteiger partial charge in [-0.25, -0.2) is 4.98 Å². The number of thioether (sulfide) groups is 1. The number of aromatic nitrogens is 3. The van der Waals surface area contributed by atoms with Gasteiger partial charge >= 0.3 is 0 Å². The quantitative estimate of drug-likeness (QED) is 0.858. The summed E-state index contributed by atoms with van der Waals surface area (Å²) in [4.78, 5) is 19.4. The van der Waals surface area contributed by atoms with E-state index in [9.17, 15) is 4.79 Å². The van der Waals surface area contributed by atoms with Crippen molar-refractivity contribution in [1.29, 1.82) is 0 Å². The van der Waals surface area contributed by atoms with Gasteiger partial charge in [0.1, 0.15) is 0 Å². The number of hydrogen-bond donors (Lipinski definition) is 1. The van der Waals surface area contributed by atoms with Crippen molar-refractivity contribution in [3.8, 4) is 11.4 Å². The van der Waals surface area contributed by atoms with Crippen LogP contribution >= 0.6 is 11.8 Å². The lowest BCUT2D eigenvalue weighted by atomic mass is 9.97. The molecule has 5 nitrogen and oxygen atoms in total. The summed E-state index contributed by atoms with van der Waals surface area (Å²) in [5.41, 5.74) is 0.995. The summed E-state index contributed by atoms with van der Waals surface area (Å²) in [6, 6.07) is 10.5. The number of amides is 1. The Morgan fingerprint density at radius 2 is 1.92 bits per heavy atom. The Kier molecular flexibility index (Phi) is 5.23. The molecule has 3 atom stereocenters. The number of H-pyrrole nitrogens is 1. The van der Waals surface area contributed by atoms with Gasteiger partial charge in [0.25, 0.3) is 0 Å². The van der Waals surface area contributed by atoms with Crippen LogP contribution in [0.4, 0.5) is 0 Å². The molecule has 1 aliphatic heterocycles. The predicted molar refractivity (Wildman–Crippen MR) is 96.8 cm³/mol. The Hall–Kier alpha value is -1.82. The van der Waals surface area contributed by atoms with E-state index in [0.29, 0.717) is 17.2 Å². The number of carbonyl (C=O) groups is 1. The van der Waals surface area contributed by atoms with Gasteiger partial charge in [-0.05, 0) is 40.0 Å². The van der Waals surface area contributed by atoms with Gasteiger partial charge in [-0.15, -0.1) is 5.10 Å². The molecule has 0 radical (unpaired) electrons. The topological polar surface area (TPSA) is 61.9 Å². The van der Waals surface area contributed by atoms with E-state index < -0.39 is 0 Å². The largest absolute Gasteiger partial charge is 0.336 e. The minimum absolute atomic E-state index is 0.186. The molecule has 1 aliphatic rings.